The van der Waals surface area contributed by atoms with Crippen LogP contribution in [0.4, 0.5) is 0 Å². The second-order valence-electron chi connectivity index (χ2n) is 1.99. The van der Waals surface area contributed by atoms with Crippen molar-refractivity contribution in [1.82, 2.24) is 0 Å². The zero-order valence-electron chi connectivity index (χ0n) is 6.86. The fourth-order valence-electron chi connectivity index (χ4n) is 0.574. The van der Waals surface area contributed by atoms with Crippen LogP contribution in [0.25, 0.3) is 0 Å². The number of ether oxygens (including phenoxy) is 2. The Labute approximate surface area is 69.9 Å². The van der Waals surface area contributed by atoms with Gasteiger partial charge in [-0.25, -0.2) is 0 Å². The predicted octanol–water partition coefficient (Wildman–Crippen LogP) is -0.138. The summed E-state index contributed by atoms with van der Waals surface area (Å²) in [4.78, 5) is 21.4. The van der Waals surface area contributed by atoms with Gasteiger partial charge in [-0.05, 0) is 0 Å². The van der Waals surface area contributed by atoms with Gasteiger partial charge >= 0.3 is 11.9 Å². The smallest absolute Gasteiger partial charge is 0.323 e. The molecule has 0 amide bonds. The molecule has 0 rings (SSSR count). The van der Waals surface area contributed by atoms with Crippen LogP contribution in [-0.4, -0.2) is 26.2 Å². The van der Waals surface area contributed by atoms with Crippen LogP contribution in [0.1, 0.15) is 6.42 Å². The first-order chi connectivity index (χ1) is 5.65. The highest BCUT2D eigenvalue weighted by Gasteiger charge is 2.22. The van der Waals surface area contributed by atoms with Crippen LogP contribution in [0.5, 0.6) is 0 Å². The summed E-state index contributed by atoms with van der Waals surface area (Å²) in [6.07, 6.45) is -0.264. The normalized spacial score (nSPS) is 11.1. The summed E-state index contributed by atoms with van der Waals surface area (Å²) in [6, 6.07) is 1.64. The number of rotatable bonds is 3. The zero-order valence-corrected chi connectivity index (χ0v) is 6.86. The molecule has 1 atom stereocenters. The second kappa shape index (κ2) is 5.13. The largest absolute Gasteiger partial charge is 0.469 e. The first kappa shape index (κ1) is 10.4. The van der Waals surface area contributed by atoms with E-state index >= 15 is 0 Å². The van der Waals surface area contributed by atoms with Crippen LogP contribution >= 0.6 is 0 Å². The lowest BCUT2D eigenvalue weighted by Gasteiger charge is -2.03. The number of nitriles is 1. The van der Waals surface area contributed by atoms with Crippen LogP contribution in [0.15, 0.2) is 0 Å². The monoisotopic (exact) mass is 171 g/mol. The summed E-state index contributed by atoms with van der Waals surface area (Å²) in [5, 5.41) is 8.41. The van der Waals surface area contributed by atoms with Gasteiger partial charge in [0.1, 0.15) is 0 Å². The molecule has 0 aromatic carbocycles. The van der Waals surface area contributed by atoms with Gasteiger partial charge in [0.2, 0.25) is 0 Å². The first-order valence-corrected chi connectivity index (χ1v) is 3.20. The van der Waals surface area contributed by atoms with Gasteiger partial charge in [-0.1, -0.05) is 0 Å². The molecule has 5 heteroatoms. The van der Waals surface area contributed by atoms with Gasteiger partial charge in [-0.3, -0.25) is 9.59 Å². The molecule has 0 aliphatic heterocycles. The molecule has 0 heterocycles. The van der Waals surface area contributed by atoms with Crippen molar-refractivity contribution in [1.29, 1.82) is 5.26 Å². The Bertz CT molecular complexity index is 218. The Morgan fingerprint density at radius 1 is 1.42 bits per heavy atom. The lowest BCUT2D eigenvalue weighted by molar-refractivity contribution is -0.150. The average molecular weight is 171 g/mol. The number of hydrogen-bond donors (Lipinski definition) is 0. The third-order valence-corrected chi connectivity index (χ3v) is 1.24. The summed E-state index contributed by atoms with van der Waals surface area (Å²) in [7, 11) is 2.35. The summed E-state index contributed by atoms with van der Waals surface area (Å²) in [5.74, 6) is -2.39. The third-order valence-electron chi connectivity index (χ3n) is 1.24. The van der Waals surface area contributed by atoms with E-state index in [0.717, 1.165) is 7.11 Å². The van der Waals surface area contributed by atoms with Gasteiger partial charge in [0.25, 0.3) is 0 Å². The van der Waals surface area contributed by atoms with Crippen molar-refractivity contribution in [3.8, 4) is 6.07 Å². The highest BCUT2D eigenvalue weighted by molar-refractivity contribution is 5.81. The van der Waals surface area contributed by atoms with Crippen LogP contribution in [-0.2, 0) is 19.1 Å². The van der Waals surface area contributed by atoms with E-state index in [1.807, 2.05) is 0 Å². The number of esters is 2. The number of methoxy groups -OCH3 is 2. The van der Waals surface area contributed by atoms with E-state index in [1.54, 1.807) is 6.07 Å². The Morgan fingerprint density at radius 2 is 2.00 bits per heavy atom. The fraction of sp³-hybridized carbons (Fsp3) is 0.571. The van der Waals surface area contributed by atoms with Crippen molar-refractivity contribution < 1.29 is 19.1 Å². The Morgan fingerprint density at radius 3 is 2.33 bits per heavy atom. The van der Waals surface area contributed by atoms with Crippen LogP contribution in [0, 0.1) is 17.2 Å². The molecular formula is C7H9NO4. The molecule has 0 saturated heterocycles. The zero-order chi connectivity index (χ0) is 9.56. The van der Waals surface area contributed by atoms with E-state index in [4.69, 9.17) is 5.26 Å². The van der Waals surface area contributed by atoms with Crippen LogP contribution in [0.3, 0.4) is 0 Å². The summed E-state index contributed by atoms with van der Waals surface area (Å²) in [6.45, 7) is 0. The topological polar surface area (TPSA) is 76.4 Å². The molecule has 0 aromatic heterocycles. The van der Waals surface area contributed by atoms with Crippen molar-refractivity contribution in [2.45, 2.75) is 6.42 Å². The van der Waals surface area contributed by atoms with E-state index in [1.165, 1.54) is 7.11 Å². The number of hydrogen-bond acceptors (Lipinski definition) is 5. The standard InChI is InChI=1S/C7H9NO4/c1-11-6(9)3-5(4-8)7(10)12-2/h5H,3H2,1-2H3/t5-/m0/s1. The minimum atomic E-state index is -1.07. The number of carbonyl (C=O) groups excluding carboxylic acids is 2. The first-order valence-electron chi connectivity index (χ1n) is 3.20. The van der Waals surface area contributed by atoms with E-state index < -0.39 is 17.9 Å². The summed E-state index contributed by atoms with van der Waals surface area (Å²) in [5.41, 5.74) is 0. The fourth-order valence-corrected chi connectivity index (χ4v) is 0.574. The van der Waals surface area contributed by atoms with Gasteiger partial charge < -0.3 is 9.47 Å². The third kappa shape index (κ3) is 3.01. The summed E-state index contributed by atoms with van der Waals surface area (Å²) < 4.78 is 8.56. The highest BCUT2D eigenvalue weighted by Crippen LogP contribution is 2.04. The lowest BCUT2D eigenvalue weighted by Crippen LogP contribution is -2.18. The minimum absolute atomic E-state index is 0.264. The van der Waals surface area contributed by atoms with E-state index in [9.17, 15) is 9.59 Å². The van der Waals surface area contributed by atoms with Crippen LogP contribution < -0.4 is 0 Å². The predicted molar refractivity (Wildman–Crippen MR) is 37.8 cm³/mol. The van der Waals surface area contributed by atoms with Gasteiger partial charge in [-0.2, -0.15) is 5.26 Å². The van der Waals surface area contributed by atoms with E-state index in [2.05, 4.69) is 9.47 Å². The summed E-state index contributed by atoms with van der Waals surface area (Å²) >= 11 is 0. The minimum Gasteiger partial charge on any atom is -0.469 e. The van der Waals surface area contributed by atoms with E-state index in [0.29, 0.717) is 0 Å². The molecule has 0 unspecified atom stereocenters. The molecule has 66 valence electrons. The molecule has 0 aromatic rings. The highest BCUT2D eigenvalue weighted by atomic mass is 16.5. The van der Waals surface area contributed by atoms with Gasteiger partial charge in [0.05, 0.1) is 26.7 Å². The lowest BCUT2D eigenvalue weighted by atomic mass is 10.1. The van der Waals surface area contributed by atoms with Crippen molar-refractivity contribution in [2.75, 3.05) is 14.2 Å². The molecule has 0 aliphatic rings. The van der Waals surface area contributed by atoms with Crippen molar-refractivity contribution >= 4 is 11.9 Å². The molecular weight excluding hydrogens is 162 g/mol. The molecule has 0 aliphatic carbocycles. The van der Waals surface area contributed by atoms with Crippen molar-refractivity contribution in [3.05, 3.63) is 0 Å². The molecule has 0 saturated carbocycles. The van der Waals surface area contributed by atoms with Crippen LogP contribution in [0.2, 0.25) is 0 Å². The maximum absolute atomic E-state index is 10.7. The molecule has 0 N–H and O–H groups in total. The van der Waals surface area contributed by atoms with Crippen molar-refractivity contribution in [3.63, 3.8) is 0 Å². The Hall–Kier alpha value is -1.57. The Kier molecular flexibility index (Phi) is 4.46. The maximum Gasteiger partial charge on any atom is 0.323 e. The van der Waals surface area contributed by atoms with Gasteiger partial charge in [0.15, 0.2) is 5.92 Å². The molecule has 12 heavy (non-hydrogen) atoms. The second-order valence-corrected chi connectivity index (χ2v) is 1.99. The molecule has 0 radical (unpaired) electrons. The van der Waals surface area contributed by atoms with Gasteiger partial charge in [0, 0.05) is 0 Å². The van der Waals surface area contributed by atoms with Crippen molar-refractivity contribution in [2.24, 2.45) is 5.92 Å². The SMILES string of the molecule is COC(=O)C[C@@H](C#N)C(=O)OC. The average Bonchev–Trinajstić information content (AvgIpc) is 2.12. The quantitative estimate of drug-likeness (QED) is 0.552. The molecule has 0 bridgehead atoms. The number of carbonyl (C=O) groups is 2. The van der Waals surface area contributed by atoms with Gasteiger partial charge in [-0.15, -0.1) is 0 Å². The molecule has 0 fully saturated rings. The number of nitrogens with zero attached hydrogens (tertiary/aromatic N) is 1. The van der Waals surface area contributed by atoms with E-state index in [-0.39, 0.29) is 6.42 Å². The molecule has 5 nitrogen and oxygen atoms in total. The molecule has 0 spiro atoms. The maximum atomic E-state index is 10.7. The Balaban J connectivity index is 4.11.